The molecule has 1 heterocycles. The molecule has 0 fully saturated rings. The van der Waals surface area contributed by atoms with E-state index in [0.29, 0.717) is 5.56 Å². The van der Waals surface area contributed by atoms with Crippen LogP contribution in [0.25, 0.3) is 6.08 Å². The number of esters is 1. The van der Waals surface area contributed by atoms with Crippen molar-refractivity contribution in [1.29, 1.82) is 0 Å². The number of nitrogens with zero attached hydrogens (tertiary/aromatic N) is 3. The second kappa shape index (κ2) is 6.55. The van der Waals surface area contributed by atoms with E-state index in [2.05, 4.69) is 4.99 Å². The van der Waals surface area contributed by atoms with Crippen LogP contribution >= 0.6 is 0 Å². The molecule has 9 nitrogen and oxygen atoms in total. The van der Waals surface area contributed by atoms with Crippen molar-refractivity contribution in [1.82, 2.24) is 0 Å². The quantitative estimate of drug-likeness (QED) is 0.360. The van der Waals surface area contributed by atoms with Crippen LogP contribution in [-0.4, -0.2) is 21.7 Å². The van der Waals surface area contributed by atoms with Crippen LogP contribution in [0, 0.1) is 27.2 Å². The molecule has 0 aliphatic carbocycles. The summed E-state index contributed by atoms with van der Waals surface area (Å²) in [5.41, 5.74) is 1.00. The number of nitro groups is 2. The van der Waals surface area contributed by atoms with Crippen LogP contribution in [0.3, 0.4) is 0 Å². The van der Waals surface area contributed by atoms with Crippen molar-refractivity contribution in [2.24, 2.45) is 4.99 Å². The van der Waals surface area contributed by atoms with Crippen LogP contribution in [0.2, 0.25) is 0 Å². The molecule has 2 aromatic rings. The fourth-order valence-electron chi connectivity index (χ4n) is 2.35. The summed E-state index contributed by atoms with van der Waals surface area (Å²) in [7, 11) is 0. The van der Waals surface area contributed by atoms with Crippen molar-refractivity contribution >= 4 is 29.3 Å². The number of hydrogen-bond acceptors (Lipinski definition) is 7. The SMILES string of the molecule is Cc1ccc([N+](=O)[O-])c(C2=NC(=Cc3ccc([N+](=O)[O-])cc3)C(=O)O2)c1. The summed E-state index contributed by atoms with van der Waals surface area (Å²) in [5.74, 6) is -0.910. The van der Waals surface area contributed by atoms with Gasteiger partial charge in [-0.2, -0.15) is 0 Å². The van der Waals surface area contributed by atoms with Crippen molar-refractivity contribution in [3.63, 3.8) is 0 Å². The molecule has 0 radical (unpaired) electrons. The Morgan fingerprint density at radius 2 is 1.73 bits per heavy atom. The maximum atomic E-state index is 12.0. The van der Waals surface area contributed by atoms with E-state index < -0.39 is 15.8 Å². The molecule has 130 valence electrons. The summed E-state index contributed by atoms with van der Waals surface area (Å²) in [6, 6.07) is 9.91. The number of non-ortho nitro benzene ring substituents is 1. The lowest BCUT2D eigenvalue weighted by atomic mass is 10.1. The number of nitro benzene ring substituents is 2. The van der Waals surface area contributed by atoms with Gasteiger partial charge in [0.1, 0.15) is 5.56 Å². The molecular formula is C17H11N3O6. The zero-order valence-electron chi connectivity index (χ0n) is 13.4. The molecule has 9 heteroatoms. The van der Waals surface area contributed by atoms with Gasteiger partial charge in [-0.1, -0.05) is 6.07 Å². The Kier molecular flexibility index (Phi) is 4.27. The molecule has 0 bridgehead atoms. The number of cyclic esters (lactones) is 1. The van der Waals surface area contributed by atoms with Gasteiger partial charge in [0, 0.05) is 18.2 Å². The maximum Gasteiger partial charge on any atom is 0.363 e. The third-order valence-electron chi connectivity index (χ3n) is 3.61. The van der Waals surface area contributed by atoms with E-state index >= 15 is 0 Å². The predicted octanol–water partition coefficient (Wildman–Crippen LogP) is 3.16. The second-order valence-corrected chi connectivity index (χ2v) is 5.46. The fraction of sp³-hybridized carbons (Fsp3) is 0.0588. The van der Waals surface area contributed by atoms with Gasteiger partial charge in [0.2, 0.25) is 5.90 Å². The Morgan fingerprint density at radius 3 is 2.35 bits per heavy atom. The van der Waals surface area contributed by atoms with Gasteiger partial charge in [0.15, 0.2) is 5.70 Å². The second-order valence-electron chi connectivity index (χ2n) is 5.46. The summed E-state index contributed by atoms with van der Waals surface area (Å²) in [4.78, 5) is 36.8. The Balaban J connectivity index is 1.98. The Labute approximate surface area is 146 Å². The molecule has 0 N–H and O–H groups in total. The zero-order valence-corrected chi connectivity index (χ0v) is 13.4. The molecule has 26 heavy (non-hydrogen) atoms. The molecule has 0 spiro atoms. The normalized spacial score (nSPS) is 14.9. The predicted molar refractivity (Wildman–Crippen MR) is 91.5 cm³/mol. The maximum absolute atomic E-state index is 12.0. The molecule has 0 atom stereocenters. The standard InChI is InChI=1S/C17H11N3O6/c1-10-2-7-15(20(24)25)13(8-10)16-18-14(17(21)26-16)9-11-3-5-12(6-4-11)19(22)23/h2-9H,1H3. The lowest BCUT2D eigenvalue weighted by Gasteiger charge is -2.02. The number of benzene rings is 2. The molecule has 0 unspecified atom stereocenters. The number of carbonyl (C=O) groups excluding carboxylic acids is 1. The number of aryl methyl sites for hydroxylation is 1. The highest BCUT2D eigenvalue weighted by Gasteiger charge is 2.29. The fourth-order valence-corrected chi connectivity index (χ4v) is 2.35. The summed E-state index contributed by atoms with van der Waals surface area (Å²) in [5, 5.41) is 21.8. The summed E-state index contributed by atoms with van der Waals surface area (Å²) < 4.78 is 5.07. The van der Waals surface area contributed by atoms with E-state index in [-0.39, 0.29) is 28.5 Å². The lowest BCUT2D eigenvalue weighted by Crippen LogP contribution is -2.08. The van der Waals surface area contributed by atoms with E-state index in [0.717, 1.165) is 5.56 Å². The highest BCUT2D eigenvalue weighted by Crippen LogP contribution is 2.26. The van der Waals surface area contributed by atoms with Crippen LogP contribution in [0.5, 0.6) is 0 Å². The van der Waals surface area contributed by atoms with Gasteiger partial charge in [-0.25, -0.2) is 9.79 Å². The van der Waals surface area contributed by atoms with Crippen molar-refractivity contribution < 1.29 is 19.4 Å². The van der Waals surface area contributed by atoms with E-state index in [1.54, 1.807) is 13.0 Å². The number of hydrogen-bond donors (Lipinski definition) is 0. The van der Waals surface area contributed by atoms with Gasteiger partial charge < -0.3 is 4.74 Å². The van der Waals surface area contributed by atoms with Gasteiger partial charge in [0.25, 0.3) is 11.4 Å². The van der Waals surface area contributed by atoms with Crippen LogP contribution in [0.4, 0.5) is 11.4 Å². The Morgan fingerprint density at radius 1 is 1.04 bits per heavy atom. The first-order valence-corrected chi connectivity index (χ1v) is 7.37. The first-order chi connectivity index (χ1) is 12.3. The molecule has 0 saturated heterocycles. The topological polar surface area (TPSA) is 125 Å². The monoisotopic (exact) mass is 353 g/mol. The first-order valence-electron chi connectivity index (χ1n) is 7.37. The van der Waals surface area contributed by atoms with E-state index in [9.17, 15) is 25.0 Å². The van der Waals surface area contributed by atoms with Gasteiger partial charge in [-0.05, 0) is 42.3 Å². The molecule has 2 aromatic carbocycles. The van der Waals surface area contributed by atoms with Gasteiger partial charge >= 0.3 is 5.97 Å². The summed E-state index contributed by atoms with van der Waals surface area (Å²) in [6.45, 7) is 1.75. The van der Waals surface area contributed by atoms with Gasteiger partial charge in [-0.15, -0.1) is 0 Å². The third-order valence-corrected chi connectivity index (χ3v) is 3.61. The minimum atomic E-state index is -0.755. The molecule has 0 saturated carbocycles. The Bertz CT molecular complexity index is 992. The smallest absolute Gasteiger partial charge is 0.363 e. The minimum Gasteiger partial charge on any atom is -0.402 e. The summed E-state index contributed by atoms with van der Waals surface area (Å²) in [6.07, 6.45) is 1.39. The van der Waals surface area contributed by atoms with Gasteiger partial charge in [0.05, 0.1) is 9.85 Å². The zero-order chi connectivity index (χ0) is 18.8. The van der Waals surface area contributed by atoms with Crippen molar-refractivity contribution in [3.8, 4) is 0 Å². The first kappa shape index (κ1) is 17.0. The average molecular weight is 353 g/mol. The van der Waals surface area contributed by atoms with Crippen LogP contribution in [0.15, 0.2) is 53.2 Å². The van der Waals surface area contributed by atoms with Crippen LogP contribution in [-0.2, 0) is 9.53 Å². The van der Waals surface area contributed by atoms with E-state index in [1.807, 2.05) is 0 Å². The molecular weight excluding hydrogens is 342 g/mol. The van der Waals surface area contributed by atoms with Crippen molar-refractivity contribution in [3.05, 3.63) is 85.1 Å². The van der Waals surface area contributed by atoms with Crippen molar-refractivity contribution in [2.45, 2.75) is 6.92 Å². The number of ether oxygens (including phenoxy) is 1. The molecule has 1 aliphatic rings. The van der Waals surface area contributed by atoms with Gasteiger partial charge in [-0.3, -0.25) is 20.2 Å². The molecule has 3 rings (SSSR count). The summed E-state index contributed by atoms with van der Waals surface area (Å²) >= 11 is 0. The van der Waals surface area contributed by atoms with Crippen molar-refractivity contribution in [2.75, 3.05) is 0 Å². The molecule has 0 aromatic heterocycles. The van der Waals surface area contributed by atoms with E-state index in [4.69, 9.17) is 4.74 Å². The largest absolute Gasteiger partial charge is 0.402 e. The number of carbonyl (C=O) groups is 1. The molecule has 0 amide bonds. The number of aliphatic imine (C=N–C) groups is 1. The molecule has 1 aliphatic heterocycles. The number of rotatable bonds is 4. The third kappa shape index (κ3) is 3.31. The lowest BCUT2D eigenvalue weighted by molar-refractivity contribution is -0.385. The van der Waals surface area contributed by atoms with Crippen LogP contribution in [0.1, 0.15) is 16.7 Å². The Hall–Kier alpha value is -3.88. The van der Waals surface area contributed by atoms with Crippen LogP contribution < -0.4 is 0 Å². The minimum absolute atomic E-state index is 0.0512. The highest BCUT2D eigenvalue weighted by molar-refractivity contribution is 6.14. The highest BCUT2D eigenvalue weighted by atomic mass is 16.6. The van der Waals surface area contributed by atoms with E-state index in [1.165, 1.54) is 42.5 Å². The average Bonchev–Trinajstić information content (AvgIpc) is 2.95.